The van der Waals surface area contributed by atoms with E-state index >= 15 is 0 Å². The van der Waals surface area contributed by atoms with Crippen LogP contribution in [0.25, 0.3) is 0 Å². The molecule has 30 heavy (non-hydrogen) atoms. The van der Waals surface area contributed by atoms with Crippen LogP contribution in [-0.4, -0.2) is 58.6 Å². The Hall–Kier alpha value is -3.06. The SMILES string of the molecule is O=C(c1ccc(CN2C(=O)CCC2=O)cc1)N1CCN(Cc2ccccc2F)CC1. The number of rotatable bonds is 5. The number of hydrogen-bond acceptors (Lipinski definition) is 4. The second-order valence-corrected chi connectivity index (χ2v) is 7.73. The van der Waals surface area contributed by atoms with Crippen molar-refractivity contribution in [2.24, 2.45) is 0 Å². The van der Waals surface area contributed by atoms with Crippen LogP contribution < -0.4 is 0 Å². The van der Waals surface area contributed by atoms with Crippen molar-refractivity contribution in [1.29, 1.82) is 0 Å². The highest BCUT2D eigenvalue weighted by atomic mass is 19.1. The largest absolute Gasteiger partial charge is 0.336 e. The zero-order valence-electron chi connectivity index (χ0n) is 16.7. The molecular formula is C23H24FN3O3. The number of piperazine rings is 1. The summed E-state index contributed by atoms with van der Waals surface area (Å²) >= 11 is 0. The molecule has 0 bridgehead atoms. The first-order chi connectivity index (χ1) is 14.5. The molecule has 0 saturated carbocycles. The molecule has 2 aromatic carbocycles. The van der Waals surface area contributed by atoms with Gasteiger partial charge < -0.3 is 4.90 Å². The van der Waals surface area contributed by atoms with Gasteiger partial charge in [0.1, 0.15) is 5.82 Å². The Bertz CT molecular complexity index is 936. The van der Waals surface area contributed by atoms with Crippen molar-refractivity contribution in [1.82, 2.24) is 14.7 Å². The Kier molecular flexibility index (Phi) is 5.90. The maximum Gasteiger partial charge on any atom is 0.253 e. The minimum atomic E-state index is -0.201. The molecule has 4 rings (SSSR count). The fraction of sp³-hybridized carbons (Fsp3) is 0.348. The number of halogens is 1. The van der Waals surface area contributed by atoms with Gasteiger partial charge >= 0.3 is 0 Å². The van der Waals surface area contributed by atoms with E-state index in [0.29, 0.717) is 43.9 Å². The topological polar surface area (TPSA) is 60.9 Å². The third-order valence-electron chi connectivity index (χ3n) is 5.71. The fourth-order valence-corrected chi connectivity index (χ4v) is 3.89. The van der Waals surface area contributed by atoms with E-state index in [1.807, 2.05) is 6.07 Å². The number of carbonyl (C=O) groups excluding carboxylic acids is 3. The number of likely N-dealkylation sites (tertiary alicyclic amines) is 1. The van der Waals surface area contributed by atoms with E-state index in [0.717, 1.165) is 5.56 Å². The van der Waals surface area contributed by atoms with Gasteiger partial charge in [0.25, 0.3) is 5.91 Å². The van der Waals surface area contributed by atoms with Crippen LogP contribution in [0.2, 0.25) is 0 Å². The highest BCUT2D eigenvalue weighted by Gasteiger charge is 2.29. The van der Waals surface area contributed by atoms with E-state index in [4.69, 9.17) is 0 Å². The smallest absolute Gasteiger partial charge is 0.253 e. The van der Waals surface area contributed by atoms with Gasteiger partial charge in [-0.1, -0.05) is 30.3 Å². The van der Waals surface area contributed by atoms with Gasteiger partial charge in [0, 0.05) is 56.7 Å². The lowest BCUT2D eigenvalue weighted by molar-refractivity contribution is -0.139. The Labute approximate surface area is 174 Å². The van der Waals surface area contributed by atoms with Crippen LogP contribution in [0, 0.1) is 5.82 Å². The predicted octanol–water partition coefficient (Wildman–Crippen LogP) is 2.43. The maximum absolute atomic E-state index is 13.8. The Morgan fingerprint density at radius 2 is 1.47 bits per heavy atom. The molecular weight excluding hydrogens is 385 g/mol. The second-order valence-electron chi connectivity index (χ2n) is 7.73. The van der Waals surface area contributed by atoms with Gasteiger partial charge in [-0.25, -0.2) is 4.39 Å². The first-order valence-electron chi connectivity index (χ1n) is 10.2. The summed E-state index contributed by atoms with van der Waals surface area (Å²) in [6.07, 6.45) is 0.552. The van der Waals surface area contributed by atoms with Crippen LogP contribution in [0.1, 0.15) is 34.3 Å². The van der Waals surface area contributed by atoms with E-state index in [9.17, 15) is 18.8 Å². The molecule has 0 spiro atoms. The molecule has 0 radical (unpaired) electrons. The van der Waals surface area contributed by atoms with Crippen molar-refractivity contribution >= 4 is 17.7 Å². The lowest BCUT2D eigenvalue weighted by Crippen LogP contribution is -2.48. The monoisotopic (exact) mass is 409 g/mol. The molecule has 2 aliphatic heterocycles. The summed E-state index contributed by atoms with van der Waals surface area (Å²) < 4.78 is 13.8. The molecule has 3 amide bonds. The zero-order chi connectivity index (χ0) is 21.1. The van der Waals surface area contributed by atoms with Crippen LogP contribution >= 0.6 is 0 Å². The Balaban J connectivity index is 1.31. The lowest BCUT2D eigenvalue weighted by atomic mass is 10.1. The third-order valence-corrected chi connectivity index (χ3v) is 5.71. The number of imide groups is 1. The van der Waals surface area contributed by atoms with Crippen LogP contribution in [0.5, 0.6) is 0 Å². The first-order valence-corrected chi connectivity index (χ1v) is 10.2. The van der Waals surface area contributed by atoms with Gasteiger partial charge in [-0.2, -0.15) is 0 Å². The molecule has 0 aromatic heterocycles. The van der Waals surface area contributed by atoms with E-state index in [2.05, 4.69) is 4.90 Å². The van der Waals surface area contributed by atoms with Crippen LogP contribution in [-0.2, 0) is 22.7 Å². The molecule has 2 heterocycles. The van der Waals surface area contributed by atoms with Crippen molar-refractivity contribution in [3.63, 3.8) is 0 Å². The van der Waals surface area contributed by atoms with Crippen LogP contribution in [0.15, 0.2) is 48.5 Å². The van der Waals surface area contributed by atoms with Gasteiger partial charge in [-0.05, 0) is 23.8 Å². The summed E-state index contributed by atoms with van der Waals surface area (Å²) in [4.78, 5) is 41.5. The van der Waals surface area contributed by atoms with E-state index in [1.165, 1.54) is 11.0 Å². The average Bonchev–Trinajstić information content (AvgIpc) is 3.08. The van der Waals surface area contributed by atoms with Crippen molar-refractivity contribution in [3.8, 4) is 0 Å². The van der Waals surface area contributed by atoms with Gasteiger partial charge in [0.2, 0.25) is 11.8 Å². The standard InChI is InChI=1S/C23H24FN3O3/c24-20-4-2-1-3-19(20)16-25-11-13-26(14-12-25)23(30)18-7-5-17(6-8-18)15-27-21(28)9-10-22(27)29/h1-8H,9-16H2. The summed E-state index contributed by atoms with van der Waals surface area (Å²) in [7, 11) is 0. The number of nitrogens with zero attached hydrogens (tertiary/aromatic N) is 3. The summed E-state index contributed by atoms with van der Waals surface area (Å²) in [5, 5.41) is 0. The quantitative estimate of drug-likeness (QED) is 0.712. The molecule has 2 fully saturated rings. The Morgan fingerprint density at radius 3 is 2.10 bits per heavy atom. The minimum Gasteiger partial charge on any atom is -0.336 e. The highest BCUT2D eigenvalue weighted by Crippen LogP contribution is 2.18. The fourth-order valence-electron chi connectivity index (χ4n) is 3.89. The predicted molar refractivity (Wildman–Crippen MR) is 109 cm³/mol. The number of carbonyl (C=O) groups is 3. The van der Waals surface area contributed by atoms with E-state index in [-0.39, 0.29) is 42.9 Å². The minimum absolute atomic E-state index is 0.0413. The lowest BCUT2D eigenvalue weighted by Gasteiger charge is -2.34. The molecule has 7 heteroatoms. The first kappa shape index (κ1) is 20.2. The van der Waals surface area contributed by atoms with Gasteiger partial charge in [-0.15, -0.1) is 0 Å². The molecule has 0 aliphatic carbocycles. The third kappa shape index (κ3) is 4.41. The molecule has 0 N–H and O–H groups in total. The number of amides is 3. The summed E-state index contributed by atoms with van der Waals surface area (Å²) in [6, 6.07) is 13.8. The van der Waals surface area contributed by atoms with Crippen LogP contribution in [0.4, 0.5) is 4.39 Å². The molecule has 156 valence electrons. The van der Waals surface area contributed by atoms with Crippen molar-refractivity contribution < 1.29 is 18.8 Å². The van der Waals surface area contributed by atoms with Crippen molar-refractivity contribution in [2.45, 2.75) is 25.9 Å². The summed E-state index contributed by atoms with van der Waals surface area (Å²) in [5.41, 5.74) is 2.08. The van der Waals surface area contributed by atoms with E-state index < -0.39 is 0 Å². The van der Waals surface area contributed by atoms with Crippen LogP contribution in [0.3, 0.4) is 0 Å². The number of benzene rings is 2. The Morgan fingerprint density at radius 1 is 0.833 bits per heavy atom. The van der Waals surface area contributed by atoms with Gasteiger partial charge in [0.05, 0.1) is 6.54 Å². The zero-order valence-corrected chi connectivity index (χ0v) is 16.7. The normalized spacial score (nSPS) is 17.6. The highest BCUT2D eigenvalue weighted by molar-refractivity contribution is 6.01. The molecule has 0 unspecified atom stereocenters. The van der Waals surface area contributed by atoms with Crippen molar-refractivity contribution in [2.75, 3.05) is 26.2 Å². The molecule has 0 atom stereocenters. The summed E-state index contributed by atoms with van der Waals surface area (Å²) in [6.45, 7) is 3.35. The van der Waals surface area contributed by atoms with Gasteiger partial charge in [0.15, 0.2) is 0 Å². The van der Waals surface area contributed by atoms with Crippen molar-refractivity contribution in [3.05, 3.63) is 71.0 Å². The molecule has 2 aliphatic rings. The van der Waals surface area contributed by atoms with Gasteiger partial charge in [-0.3, -0.25) is 24.2 Å². The second kappa shape index (κ2) is 8.75. The molecule has 6 nitrogen and oxygen atoms in total. The maximum atomic E-state index is 13.8. The summed E-state index contributed by atoms with van der Waals surface area (Å²) in [5.74, 6) is -0.532. The van der Waals surface area contributed by atoms with E-state index in [1.54, 1.807) is 41.3 Å². The molecule has 2 aromatic rings. The average molecular weight is 409 g/mol. The molecule has 2 saturated heterocycles. The number of hydrogen-bond donors (Lipinski definition) is 0.